The number of benzene rings is 1. The molecule has 1 aromatic heterocycles. The van der Waals surface area contributed by atoms with Gasteiger partial charge in [0.05, 0.1) is 12.6 Å². The van der Waals surface area contributed by atoms with E-state index in [1.165, 1.54) is 0 Å². The SMILES string of the molecule is CCCC(C)(C)n1c(CCCl)nc2c(OC)cccc21. The van der Waals surface area contributed by atoms with Gasteiger partial charge >= 0.3 is 0 Å². The number of aryl methyl sites for hydroxylation is 1. The van der Waals surface area contributed by atoms with Crippen LogP contribution in [0.15, 0.2) is 18.2 Å². The summed E-state index contributed by atoms with van der Waals surface area (Å²) in [7, 11) is 1.69. The molecule has 0 N–H and O–H groups in total. The van der Waals surface area contributed by atoms with Gasteiger partial charge in [-0.2, -0.15) is 0 Å². The summed E-state index contributed by atoms with van der Waals surface area (Å²) in [6, 6.07) is 6.09. The van der Waals surface area contributed by atoms with E-state index < -0.39 is 0 Å². The average Bonchev–Trinajstić information content (AvgIpc) is 2.77. The number of hydrogen-bond acceptors (Lipinski definition) is 2. The molecule has 0 amide bonds. The van der Waals surface area contributed by atoms with Crippen molar-refractivity contribution in [1.82, 2.24) is 9.55 Å². The van der Waals surface area contributed by atoms with E-state index in [2.05, 4.69) is 31.4 Å². The molecule has 0 atom stereocenters. The van der Waals surface area contributed by atoms with Gasteiger partial charge < -0.3 is 9.30 Å². The first-order chi connectivity index (χ1) is 9.55. The second kappa shape index (κ2) is 6.04. The highest BCUT2D eigenvalue weighted by Crippen LogP contribution is 2.33. The monoisotopic (exact) mass is 294 g/mol. The summed E-state index contributed by atoms with van der Waals surface area (Å²) in [5, 5.41) is 0. The van der Waals surface area contributed by atoms with Crippen LogP contribution >= 0.6 is 11.6 Å². The third-order valence-electron chi connectivity index (χ3n) is 3.72. The molecule has 2 aromatic rings. The number of rotatable bonds is 6. The van der Waals surface area contributed by atoms with Crippen LogP contribution in [0.5, 0.6) is 5.75 Å². The van der Waals surface area contributed by atoms with Crippen LogP contribution in [-0.4, -0.2) is 22.5 Å². The van der Waals surface area contributed by atoms with Gasteiger partial charge in [0.25, 0.3) is 0 Å². The molecule has 0 aliphatic rings. The number of nitrogens with zero attached hydrogens (tertiary/aromatic N) is 2. The molecule has 2 rings (SSSR count). The number of ether oxygens (including phenoxy) is 1. The van der Waals surface area contributed by atoms with Crippen LogP contribution in [0.25, 0.3) is 11.0 Å². The first kappa shape index (κ1) is 15.2. The summed E-state index contributed by atoms with van der Waals surface area (Å²) in [6.45, 7) is 6.73. The number of methoxy groups -OCH3 is 1. The van der Waals surface area contributed by atoms with Crippen molar-refractivity contribution in [1.29, 1.82) is 0 Å². The fraction of sp³-hybridized carbons (Fsp3) is 0.562. The first-order valence-electron chi connectivity index (χ1n) is 7.16. The summed E-state index contributed by atoms with van der Waals surface area (Å²) in [5.41, 5.74) is 2.08. The molecule has 4 heteroatoms. The Morgan fingerprint density at radius 2 is 2.10 bits per heavy atom. The van der Waals surface area contributed by atoms with Crippen LogP contribution in [0.1, 0.15) is 39.4 Å². The fourth-order valence-corrected chi connectivity index (χ4v) is 3.11. The van der Waals surface area contributed by atoms with Crippen LogP contribution in [0.4, 0.5) is 0 Å². The lowest BCUT2D eigenvalue weighted by molar-refractivity contribution is 0.324. The second-order valence-corrected chi connectivity index (χ2v) is 6.07. The van der Waals surface area contributed by atoms with E-state index in [9.17, 15) is 0 Å². The van der Waals surface area contributed by atoms with E-state index in [1.54, 1.807) is 7.11 Å². The lowest BCUT2D eigenvalue weighted by atomic mass is 9.97. The minimum absolute atomic E-state index is 0.0251. The predicted molar refractivity (Wildman–Crippen MR) is 84.9 cm³/mol. The van der Waals surface area contributed by atoms with Gasteiger partial charge in [-0.05, 0) is 32.4 Å². The van der Waals surface area contributed by atoms with Gasteiger partial charge in [0, 0.05) is 17.8 Å². The van der Waals surface area contributed by atoms with Crippen molar-refractivity contribution >= 4 is 22.6 Å². The van der Waals surface area contributed by atoms with E-state index >= 15 is 0 Å². The molecule has 0 saturated heterocycles. The zero-order valence-electron chi connectivity index (χ0n) is 12.7. The lowest BCUT2D eigenvalue weighted by Gasteiger charge is -2.29. The minimum atomic E-state index is 0.0251. The van der Waals surface area contributed by atoms with Crippen LogP contribution < -0.4 is 4.74 Å². The molecular formula is C16H23ClN2O. The highest BCUT2D eigenvalue weighted by Gasteiger charge is 2.25. The molecule has 0 fully saturated rings. The Balaban J connectivity index is 2.69. The number of imidazole rings is 1. The number of aromatic nitrogens is 2. The molecule has 3 nitrogen and oxygen atoms in total. The summed E-state index contributed by atoms with van der Waals surface area (Å²) >= 11 is 5.95. The zero-order valence-corrected chi connectivity index (χ0v) is 13.5. The topological polar surface area (TPSA) is 27.1 Å². The van der Waals surface area contributed by atoms with E-state index in [0.717, 1.165) is 41.9 Å². The average molecular weight is 295 g/mol. The minimum Gasteiger partial charge on any atom is -0.494 e. The van der Waals surface area contributed by atoms with Crippen LogP contribution in [-0.2, 0) is 12.0 Å². The molecule has 0 saturated carbocycles. The van der Waals surface area contributed by atoms with Crippen molar-refractivity contribution in [2.75, 3.05) is 13.0 Å². The van der Waals surface area contributed by atoms with Crippen molar-refractivity contribution in [3.63, 3.8) is 0 Å². The zero-order chi connectivity index (χ0) is 14.8. The van der Waals surface area contributed by atoms with Gasteiger partial charge in [-0.1, -0.05) is 19.4 Å². The maximum atomic E-state index is 5.95. The number of halogens is 1. The Morgan fingerprint density at radius 3 is 2.70 bits per heavy atom. The third kappa shape index (κ3) is 2.64. The largest absolute Gasteiger partial charge is 0.494 e. The Morgan fingerprint density at radius 1 is 1.35 bits per heavy atom. The second-order valence-electron chi connectivity index (χ2n) is 5.69. The molecule has 110 valence electrons. The maximum Gasteiger partial charge on any atom is 0.146 e. The Bertz CT molecular complexity index is 589. The molecule has 1 aromatic carbocycles. The van der Waals surface area contributed by atoms with Gasteiger partial charge in [0.1, 0.15) is 17.1 Å². The summed E-state index contributed by atoms with van der Waals surface area (Å²) in [6.07, 6.45) is 3.01. The van der Waals surface area contributed by atoms with Crippen LogP contribution in [0.2, 0.25) is 0 Å². The maximum absolute atomic E-state index is 5.95. The van der Waals surface area contributed by atoms with Crippen LogP contribution in [0.3, 0.4) is 0 Å². The van der Waals surface area contributed by atoms with Crippen LogP contribution in [0, 0.1) is 0 Å². The molecule has 0 radical (unpaired) electrons. The molecule has 0 unspecified atom stereocenters. The Labute approximate surface area is 125 Å². The van der Waals surface area contributed by atoms with Gasteiger partial charge in [0.15, 0.2) is 0 Å². The first-order valence-corrected chi connectivity index (χ1v) is 7.69. The molecule has 0 spiro atoms. The standard InChI is InChI=1S/C16H23ClN2O/c1-5-10-16(2,3)19-12-7-6-8-13(20-4)15(12)18-14(19)9-11-17/h6-8H,5,9-11H2,1-4H3. The number of hydrogen-bond donors (Lipinski definition) is 0. The summed E-state index contributed by atoms with van der Waals surface area (Å²) in [4.78, 5) is 4.78. The van der Waals surface area contributed by atoms with E-state index in [1.807, 2.05) is 12.1 Å². The summed E-state index contributed by atoms with van der Waals surface area (Å²) in [5.74, 6) is 2.44. The third-order valence-corrected chi connectivity index (χ3v) is 3.91. The molecule has 0 aliphatic carbocycles. The highest BCUT2D eigenvalue weighted by atomic mass is 35.5. The van der Waals surface area contributed by atoms with Crippen molar-refractivity contribution in [2.24, 2.45) is 0 Å². The van der Waals surface area contributed by atoms with Gasteiger partial charge in [-0.15, -0.1) is 11.6 Å². The quantitative estimate of drug-likeness (QED) is 0.740. The number of alkyl halides is 1. The normalized spacial score (nSPS) is 12.1. The van der Waals surface area contributed by atoms with Gasteiger partial charge in [0.2, 0.25) is 0 Å². The van der Waals surface area contributed by atoms with E-state index in [4.69, 9.17) is 21.3 Å². The molecule has 20 heavy (non-hydrogen) atoms. The summed E-state index contributed by atoms with van der Waals surface area (Å²) < 4.78 is 7.77. The van der Waals surface area contributed by atoms with E-state index in [0.29, 0.717) is 5.88 Å². The molecule has 1 heterocycles. The van der Waals surface area contributed by atoms with Gasteiger partial charge in [-0.3, -0.25) is 0 Å². The number of fused-ring (bicyclic) bond motifs is 1. The van der Waals surface area contributed by atoms with Crippen molar-refractivity contribution in [3.8, 4) is 5.75 Å². The number of para-hydroxylation sites is 1. The Hall–Kier alpha value is -1.22. The van der Waals surface area contributed by atoms with Crippen molar-refractivity contribution in [3.05, 3.63) is 24.0 Å². The molecular weight excluding hydrogens is 272 g/mol. The lowest BCUT2D eigenvalue weighted by Crippen LogP contribution is -2.28. The fourth-order valence-electron chi connectivity index (χ4n) is 2.94. The molecule has 0 aliphatic heterocycles. The smallest absolute Gasteiger partial charge is 0.146 e. The predicted octanol–water partition coefficient (Wildman–Crippen LogP) is 4.36. The van der Waals surface area contributed by atoms with Gasteiger partial charge in [-0.25, -0.2) is 4.98 Å². The molecule has 0 bridgehead atoms. The van der Waals surface area contributed by atoms with Crippen molar-refractivity contribution < 1.29 is 4.74 Å². The highest BCUT2D eigenvalue weighted by molar-refractivity contribution is 6.17. The van der Waals surface area contributed by atoms with E-state index in [-0.39, 0.29) is 5.54 Å². The van der Waals surface area contributed by atoms with Crippen molar-refractivity contribution in [2.45, 2.75) is 45.6 Å². The Kier molecular flexibility index (Phi) is 4.59.